The lowest BCUT2D eigenvalue weighted by atomic mass is 9.99. The number of aryl methyl sites for hydroxylation is 1. The van der Waals surface area contributed by atoms with Crippen LogP contribution in [0.3, 0.4) is 0 Å². The lowest BCUT2D eigenvalue weighted by Crippen LogP contribution is -2.03. The van der Waals surface area contributed by atoms with Crippen LogP contribution in [-0.4, -0.2) is 9.13 Å². The lowest BCUT2D eigenvalue weighted by Gasteiger charge is -2.16. The molecule has 3 aromatic heterocycles. The van der Waals surface area contributed by atoms with Gasteiger partial charge in [0.1, 0.15) is 17.2 Å². The fourth-order valence-electron chi connectivity index (χ4n) is 7.94. The first-order chi connectivity index (χ1) is 24.2. The Kier molecular flexibility index (Phi) is 5.76. The number of hydrogen-bond acceptors (Lipinski definition) is 3. The summed E-state index contributed by atoms with van der Waals surface area (Å²) < 4.78 is 10.8. The van der Waals surface area contributed by atoms with E-state index < -0.39 is 0 Å². The second-order valence-electron chi connectivity index (χ2n) is 12.7. The normalized spacial score (nSPS) is 12.6. The number of nitrogens with zero attached hydrogens (tertiary/aromatic N) is 4. The van der Waals surface area contributed by atoms with Crippen molar-refractivity contribution in [3.05, 3.63) is 150 Å². The van der Waals surface area contributed by atoms with Gasteiger partial charge in [-0.1, -0.05) is 66.7 Å². The van der Waals surface area contributed by atoms with Crippen LogP contribution in [0.5, 0.6) is 0 Å². The van der Waals surface area contributed by atoms with Gasteiger partial charge in [0.2, 0.25) is 0 Å². The van der Waals surface area contributed by atoms with E-state index in [-0.39, 0.29) is 0 Å². The first-order valence-electron chi connectivity index (χ1n) is 16.4. The van der Waals surface area contributed by atoms with Crippen molar-refractivity contribution in [2.24, 2.45) is 0 Å². The van der Waals surface area contributed by atoms with Gasteiger partial charge in [0, 0.05) is 32.9 Å². The molecule has 0 atom stereocenters. The van der Waals surface area contributed by atoms with Gasteiger partial charge in [0.15, 0.2) is 0 Å². The molecule has 0 fully saturated rings. The molecule has 10 rings (SSSR count). The van der Waals surface area contributed by atoms with E-state index in [9.17, 15) is 10.5 Å². The summed E-state index contributed by atoms with van der Waals surface area (Å²) in [5, 5.41) is 26.2. The van der Waals surface area contributed by atoms with Gasteiger partial charge in [-0.2, -0.15) is 10.5 Å². The highest BCUT2D eigenvalue weighted by atomic mass is 16.3. The molecule has 49 heavy (non-hydrogen) atoms. The summed E-state index contributed by atoms with van der Waals surface area (Å²) in [6.45, 7) is 0. The van der Waals surface area contributed by atoms with Crippen LogP contribution in [0.2, 0.25) is 0 Å². The Hall–Kier alpha value is -6.82. The van der Waals surface area contributed by atoms with Crippen LogP contribution in [0.25, 0.3) is 83.2 Å². The molecule has 0 bridgehead atoms. The van der Waals surface area contributed by atoms with E-state index in [1.54, 1.807) is 0 Å². The van der Waals surface area contributed by atoms with E-state index in [1.807, 2.05) is 42.5 Å². The van der Waals surface area contributed by atoms with Crippen LogP contribution in [0, 0.1) is 22.7 Å². The molecule has 5 nitrogen and oxygen atoms in total. The molecule has 1 aliphatic carbocycles. The van der Waals surface area contributed by atoms with Crippen molar-refractivity contribution in [3.63, 3.8) is 0 Å². The van der Waals surface area contributed by atoms with Gasteiger partial charge in [-0.25, -0.2) is 0 Å². The molecule has 0 aliphatic heterocycles. The minimum Gasteiger partial charge on any atom is -0.456 e. The average molecular weight is 627 g/mol. The Bertz CT molecular complexity index is 2970. The highest BCUT2D eigenvalue weighted by molar-refractivity contribution is 6.24. The Morgan fingerprint density at radius 3 is 2.22 bits per heavy atom. The minimum absolute atomic E-state index is 0.556. The number of para-hydroxylation sites is 3. The van der Waals surface area contributed by atoms with Gasteiger partial charge in [-0.3, -0.25) is 0 Å². The van der Waals surface area contributed by atoms with E-state index >= 15 is 0 Å². The van der Waals surface area contributed by atoms with Gasteiger partial charge in [0.25, 0.3) is 0 Å². The standard InChI is InChI=1S/C44H26N4O/c45-25-27-21-30(28-17-18-29(26-46)40(24-28)48-38-14-6-1-9-32(38)33-10-2-7-15-39(33)48)23-31(22-27)47-37-13-5-3-11-34(37)35-19-20-42-43(44(35)47)36-12-4-8-16-41(36)49-42/h1,3-9,11-24H,2,10H2. The van der Waals surface area contributed by atoms with Crippen LogP contribution >= 0.6 is 0 Å². The summed E-state index contributed by atoms with van der Waals surface area (Å²) in [5.74, 6) is 0. The SMILES string of the molecule is N#Cc1cc(-c2ccc(C#N)c(-n3c4c(c5ccccc53)CCC=C4)c2)cc(-n2c3ccccc3c3ccc4oc5ccccc5c4c32)c1. The molecular formula is C44H26N4O. The Morgan fingerprint density at radius 1 is 0.612 bits per heavy atom. The fraction of sp³-hybridized carbons (Fsp3) is 0.0455. The molecule has 0 N–H and O–H groups in total. The topological polar surface area (TPSA) is 70.6 Å². The molecule has 1 aliphatic rings. The molecular weight excluding hydrogens is 601 g/mol. The number of nitriles is 2. The monoisotopic (exact) mass is 626 g/mol. The van der Waals surface area contributed by atoms with Gasteiger partial charge in [0.05, 0.1) is 44.8 Å². The molecule has 0 amide bonds. The highest BCUT2D eigenvalue weighted by Crippen LogP contribution is 2.42. The van der Waals surface area contributed by atoms with Crippen LogP contribution in [0.4, 0.5) is 0 Å². The predicted molar refractivity (Wildman–Crippen MR) is 197 cm³/mol. The zero-order valence-electron chi connectivity index (χ0n) is 26.3. The fourth-order valence-corrected chi connectivity index (χ4v) is 7.94. The smallest absolute Gasteiger partial charge is 0.137 e. The number of allylic oxidation sites excluding steroid dienone is 1. The number of aromatic nitrogens is 2. The van der Waals surface area contributed by atoms with Crippen molar-refractivity contribution in [1.82, 2.24) is 9.13 Å². The molecule has 5 heteroatoms. The first-order valence-corrected chi connectivity index (χ1v) is 16.4. The Balaban J connectivity index is 1.25. The van der Waals surface area contributed by atoms with Crippen molar-refractivity contribution in [3.8, 4) is 34.6 Å². The predicted octanol–water partition coefficient (Wildman–Crippen LogP) is 11.0. The second-order valence-corrected chi connectivity index (χ2v) is 12.7. The van der Waals surface area contributed by atoms with Crippen molar-refractivity contribution in [1.29, 1.82) is 10.5 Å². The van der Waals surface area contributed by atoms with Crippen molar-refractivity contribution in [2.45, 2.75) is 12.8 Å². The van der Waals surface area contributed by atoms with Crippen LogP contribution in [-0.2, 0) is 6.42 Å². The third-order valence-corrected chi connectivity index (χ3v) is 10.0. The minimum atomic E-state index is 0.556. The number of benzene rings is 6. The second kappa shape index (κ2) is 10.3. The van der Waals surface area contributed by atoms with E-state index in [4.69, 9.17) is 4.42 Å². The van der Waals surface area contributed by atoms with Gasteiger partial charge in [-0.15, -0.1) is 0 Å². The molecule has 228 valence electrons. The maximum atomic E-state index is 10.3. The quantitative estimate of drug-likeness (QED) is 0.196. The average Bonchev–Trinajstić information content (AvgIpc) is 3.82. The maximum absolute atomic E-state index is 10.3. The third kappa shape index (κ3) is 3.91. The van der Waals surface area contributed by atoms with Gasteiger partial charge in [-0.05, 0) is 96.3 Å². The van der Waals surface area contributed by atoms with Gasteiger partial charge < -0.3 is 13.6 Å². The Morgan fingerprint density at radius 2 is 1.39 bits per heavy atom. The zero-order chi connectivity index (χ0) is 32.6. The summed E-state index contributed by atoms with van der Waals surface area (Å²) >= 11 is 0. The molecule has 0 radical (unpaired) electrons. The Labute approximate surface area is 281 Å². The molecule has 6 aromatic carbocycles. The molecule has 0 saturated heterocycles. The highest BCUT2D eigenvalue weighted by Gasteiger charge is 2.22. The molecule has 0 unspecified atom stereocenters. The van der Waals surface area contributed by atoms with Crippen molar-refractivity contribution < 1.29 is 4.42 Å². The largest absolute Gasteiger partial charge is 0.456 e. The lowest BCUT2D eigenvalue weighted by molar-refractivity contribution is 0.669. The van der Waals surface area contributed by atoms with Crippen LogP contribution in [0.1, 0.15) is 28.8 Å². The molecule has 9 aromatic rings. The first kappa shape index (κ1) is 27.3. The molecule has 3 heterocycles. The summed E-state index contributed by atoms with van der Waals surface area (Å²) in [7, 11) is 0. The summed E-state index contributed by atoms with van der Waals surface area (Å²) in [4.78, 5) is 0. The summed E-state index contributed by atoms with van der Waals surface area (Å²) in [6.07, 6.45) is 6.36. The van der Waals surface area contributed by atoms with Crippen molar-refractivity contribution >= 4 is 60.7 Å². The summed E-state index contributed by atoms with van der Waals surface area (Å²) in [5.41, 5.74) is 12.0. The van der Waals surface area contributed by atoms with Crippen LogP contribution < -0.4 is 0 Å². The van der Waals surface area contributed by atoms with E-state index in [0.717, 1.165) is 90.3 Å². The zero-order valence-corrected chi connectivity index (χ0v) is 26.3. The number of rotatable bonds is 3. The molecule has 0 spiro atoms. The van der Waals surface area contributed by atoms with Gasteiger partial charge >= 0.3 is 0 Å². The van der Waals surface area contributed by atoms with E-state index in [1.165, 1.54) is 10.9 Å². The number of fused-ring (bicyclic) bond motifs is 10. The van der Waals surface area contributed by atoms with Crippen molar-refractivity contribution in [2.75, 3.05) is 0 Å². The van der Waals surface area contributed by atoms with E-state index in [2.05, 4.69) is 112 Å². The third-order valence-electron chi connectivity index (χ3n) is 10.0. The maximum Gasteiger partial charge on any atom is 0.137 e. The van der Waals surface area contributed by atoms with Crippen LogP contribution in [0.15, 0.2) is 132 Å². The number of hydrogen-bond donors (Lipinski definition) is 0. The number of furan rings is 1. The van der Waals surface area contributed by atoms with E-state index in [0.29, 0.717) is 11.1 Å². The summed E-state index contributed by atoms with van der Waals surface area (Å²) in [6, 6.07) is 46.1. The molecule has 0 saturated carbocycles.